The zero-order valence-electron chi connectivity index (χ0n) is 15.8. The number of halogens is 5. The minimum Gasteiger partial charge on any atom is -0.344 e. The van der Waals surface area contributed by atoms with Crippen molar-refractivity contribution in [2.45, 2.75) is 25.9 Å². The monoisotopic (exact) mass is 457 g/mol. The van der Waals surface area contributed by atoms with E-state index in [4.69, 9.17) is 17.0 Å². The van der Waals surface area contributed by atoms with Crippen molar-refractivity contribution in [3.8, 4) is 0 Å². The van der Waals surface area contributed by atoms with Crippen LogP contribution >= 0.6 is 23.4 Å². The predicted octanol–water partition coefficient (Wildman–Crippen LogP) is 3.77. The van der Waals surface area contributed by atoms with E-state index in [2.05, 4.69) is 0 Å². The molecule has 0 aromatic carbocycles. The van der Waals surface area contributed by atoms with E-state index in [1.54, 1.807) is 6.92 Å². The fraction of sp³-hybridized carbons (Fsp3) is 0.471. The van der Waals surface area contributed by atoms with Crippen molar-refractivity contribution in [3.05, 3.63) is 36.2 Å². The molecule has 29 heavy (non-hydrogen) atoms. The molecule has 0 saturated heterocycles. The van der Waals surface area contributed by atoms with Gasteiger partial charge < -0.3 is 9.80 Å². The molecule has 1 heterocycles. The van der Waals surface area contributed by atoms with Crippen LogP contribution in [0.2, 0.25) is 0 Å². The summed E-state index contributed by atoms with van der Waals surface area (Å²) in [6, 6.07) is 1.13. The highest BCUT2D eigenvalue weighted by molar-refractivity contribution is 7.99. The van der Waals surface area contributed by atoms with E-state index < -0.39 is 29.5 Å². The van der Waals surface area contributed by atoms with Gasteiger partial charge in [-0.3, -0.25) is 15.4 Å². The molecular weight excluding hydrogens is 436 g/mol. The highest BCUT2D eigenvalue weighted by Crippen LogP contribution is 2.23. The first-order chi connectivity index (χ1) is 13.4. The van der Waals surface area contributed by atoms with Gasteiger partial charge in [-0.2, -0.15) is 24.9 Å². The van der Waals surface area contributed by atoms with Crippen LogP contribution in [0.4, 0.5) is 23.2 Å². The Morgan fingerprint density at radius 2 is 2.03 bits per heavy atom. The van der Waals surface area contributed by atoms with Gasteiger partial charge in [0.25, 0.3) is 6.20 Å². The minimum absolute atomic E-state index is 0.0296. The number of hydrogen-bond donors (Lipinski definition) is 2. The smallest absolute Gasteiger partial charge is 0.344 e. The second-order valence-corrected chi connectivity index (χ2v) is 7.50. The van der Waals surface area contributed by atoms with E-state index >= 15 is 0 Å². The molecule has 0 bridgehead atoms. The van der Waals surface area contributed by atoms with Crippen LogP contribution in [0.15, 0.2) is 30.4 Å². The summed E-state index contributed by atoms with van der Waals surface area (Å²) in [4.78, 5) is 15.1. The fourth-order valence-corrected chi connectivity index (χ4v) is 3.33. The fourth-order valence-electron chi connectivity index (χ4n) is 2.28. The zero-order valence-corrected chi connectivity index (χ0v) is 17.4. The summed E-state index contributed by atoms with van der Waals surface area (Å²) < 4.78 is 50.5. The van der Waals surface area contributed by atoms with Crippen LogP contribution in [-0.2, 0) is 4.79 Å². The highest BCUT2D eigenvalue weighted by Gasteiger charge is 2.26. The summed E-state index contributed by atoms with van der Waals surface area (Å²) in [5, 5.41) is 16.8. The Morgan fingerprint density at radius 3 is 2.55 bits per heavy atom. The van der Waals surface area contributed by atoms with Crippen molar-refractivity contribution in [1.29, 1.82) is 5.41 Å². The maximum atomic E-state index is 13.5. The summed E-state index contributed by atoms with van der Waals surface area (Å²) in [6.45, 7) is 1.83. The van der Waals surface area contributed by atoms with E-state index in [9.17, 15) is 27.6 Å². The molecule has 0 saturated carbocycles. The molecular formula is C17H22ClF4N4O2S+. The molecule has 0 aliphatic rings. The van der Waals surface area contributed by atoms with Crippen LogP contribution in [0.5, 0.6) is 0 Å². The summed E-state index contributed by atoms with van der Waals surface area (Å²) in [6.07, 6.45) is -1.79. The number of carbonyl (C=O) groups is 1. The lowest BCUT2D eigenvalue weighted by Gasteiger charge is -2.25. The van der Waals surface area contributed by atoms with E-state index in [1.807, 2.05) is 0 Å². The first kappa shape index (κ1) is 25.0. The number of nitrogens with one attached hydrogen (secondary N) is 1. The second-order valence-electron chi connectivity index (χ2n) is 5.90. The lowest BCUT2D eigenvalue weighted by Crippen LogP contribution is -2.34. The molecule has 162 valence electrons. The molecule has 0 unspecified atom stereocenters. The number of hydrogen-bond acceptors (Lipinski definition) is 5. The topological polar surface area (TPSA) is 71.5 Å². The van der Waals surface area contributed by atoms with Gasteiger partial charge in [0.1, 0.15) is 10.9 Å². The molecule has 0 aliphatic carbocycles. The molecule has 0 spiro atoms. The number of carbonyl (C=O) groups excluding carboxylic acids is 1. The first-order valence-corrected chi connectivity index (χ1v) is 10.0. The van der Waals surface area contributed by atoms with Gasteiger partial charge in [0.2, 0.25) is 12.1 Å². The third-order valence-corrected chi connectivity index (χ3v) is 4.83. The van der Waals surface area contributed by atoms with Crippen LogP contribution in [0.1, 0.15) is 19.8 Å². The molecule has 0 atom stereocenters. The Bertz CT molecular complexity index is 741. The average molecular weight is 458 g/mol. The molecule has 0 radical (unpaired) electrons. The molecule has 2 N–H and O–H groups in total. The maximum Gasteiger partial charge on any atom is 0.389 e. The van der Waals surface area contributed by atoms with Crippen molar-refractivity contribution in [2.24, 2.45) is 0 Å². The molecule has 1 aromatic rings. The van der Waals surface area contributed by atoms with Gasteiger partial charge in [-0.15, -0.1) is 0 Å². The van der Waals surface area contributed by atoms with Gasteiger partial charge in [-0.05, 0) is 6.92 Å². The lowest BCUT2D eigenvalue weighted by atomic mass is 10.3. The van der Waals surface area contributed by atoms with E-state index in [0.717, 1.165) is 24.0 Å². The number of nitrogens with zero attached hydrogens (tertiary/aromatic N) is 3. The number of amides is 1. The number of alkyl halides is 3. The molecule has 1 aromatic heterocycles. The molecule has 12 heteroatoms. The van der Waals surface area contributed by atoms with Gasteiger partial charge in [-0.1, -0.05) is 11.6 Å². The third-order valence-electron chi connectivity index (χ3n) is 3.65. The van der Waals surface area contributed by atoms with Gasteiger partial charge in [-0.25, -0.2) is 4.39 Å². The molecule has 1 amide bonds. The predicted molar refractivity (Wildman–Crippen MR) is 104 cm³/mol. The van der Waals surface area contributed by atoms with E-state index in [0.29, 0.717) is 4.73 Å². The number of rotatable bonds is 10. The second kappa shape index (κ2) is 11.2. The lowest BCUT2D eigenvalue weighted by molar-refractivity contribution is -0.905. The van der Waals surface area contributed by atoms with E-state index in [1.165, 1.54) is 29.2 Å². The highest BCUT2D eigenvalue weighted by atomic mass is 35.5. The Hall–Kier alpha value is -2.01. The van der Waals surface area contributed by atoms with Crippen molar-refractivity contribution in [3.63, 3.8) is 0 Å². The van der Waals surface area contributed by atoms with E-state index in [-0.39, 0.29) is 35.9 Å². The summed E-state index contributed by atoms with van der Waals surface area (Å²) in [7, 11) is 1.51. The summed E-state index contributed by atoms with van der Waals surface area (Å²) in [5.74, 6) is -1.06. The number of aromatic nitrogens is 1. The molecule has 0 fully saturated rings. The quantitative estimate of drug-likeness (QED) is 0.184. The minimum atomic E-state index is -4.23. The van der Waals surface area contributed by atoms with Crippen molar-refractivity contribution in [2.75, 3.05) is 30.0 Å². The van der Waals surface area contributed by atoms with Crippen molar-refractivity contribution in [1.82, 2.24) is 4.90 Å². The van der Waals surface area contributed by atoms with Crippen LogP contribution in [0.25, 0.3) is 0 Å². The molecule has 6 nitrogen and oxygen atoms in total. The number of pyridine rings is 1. The normalized spacial score (nSPS) is 12.0. The van der Waals surface area contributed by atoms with Crippen LogP contribution in [0.3, 0.4) is 0 Å². The van der Waals surface area contributed by atoms with Crippen molar-refractivity contribution < 1.29 is 32.3 Å². The zero-order chi connectivity index (χ0) is 22.2. The van der Waals surface area contributed by atoms with Gasteiger partial charge in [0.15, 0.2) is 5.82 Å². The first-order valence-electron chi connectivity index (χ1n) is 8.49. The standard InChI is InChI=1S/C17H22ClF4N4O2S/c1-3-26(15(27)4-6-29-7-5-17(20,21)22)14(16(18)23)11-24(2)13-8-12(19)9-25(28)10-13/h8-11,23,28H,3-7H2,1-2H3/q+1. The number of allylic oxidation sites excluding steroid dienone is 1. The molecule has 0 aliphatic heterocycles. The summed E-state index contributed by atoms with van der Waals surface area (Å²) in [5.41, 5.74) is 0.268. The Labute approximate surface area is 175 Å². The third kappa shape index (κ3) is 8.90. The van der Waals surface area contributed by atoms with Gasteiger partial charge >= 0.3 is 6.18 Å². The van der Waals surface area contributed by atoms with Gasteiger partial charge in [0.05, 0.1) is 12.1 Å². The number of thioether (sulfide) groups is 1. The Kier molecular flexibility index (Phi) is 9.71. The molecule has 1 rings (SSSR count). The average Bonchev–Trinajstić information content (AvgIpc) is 2.59. The van der Waals surface area contributed by atoms with Crippen LogP contribution < -0.4 is 9.63 Å². The largest absolute Gasteiger partial charge is 0.389 e. The van der Waals surface area contributed by atoms with Gasteiger partial charge in [0, 0.05) is 48.5 Å². The SMILES string of the molecule is CCN(C(=O)CCSCCC(F)(F)F)C(=CN(C)c1cc(F)c[n+](O)c1)C(=N)Cl. The van der Waals surface area contributed by atoms with Crippen LogP contribution in [-0.4, -0.2) is 52.5 Å². The Balaban J connectivity index is 2.86. The number of anilines is 1. The summed E-state index contributed by atoms with van der Waals surface area (Å²) >= 11 is 6.84. The maximum absolute atomic E-state index is 13.5. The van der Waals surface area contributed by atoms with Crippen LogP contribution in [0, 0.1) is 11.2 Å². The Morgan fingerprint density at radius 1 is 1.38 bits per heavy atom. The van der Waals surface area contributed by atoms with Crippen molar-refractivity contribution >= 4 is 40.1 Å².